The SMILES string of the molecule is CCCNC(C)c1nnc(-c2ccsc2)o1. The van der Waals surface area contributed by atoms with Crippen LogP contribution in [-0.2, 0) is 0 Å². The maximum atomic E-state index is 5.61. The summed E-state index contributed by atoms with van der Waals surface area (Å²) in [7, 11) is 0. The van der Waals surface area contributed by atoms with Crippen LogP contribution in [0.2, 0.25) is 0 Å². The van der Waals surface area contributed by atoms with Crippen molar-refractivity contribution in [3.8, 4) is 11.5 Å². The molecule has 2 heterocycles. The van der Waals surface area contributed by atoms with Crippen LogP contribution in [0.4, 0.5) is 0 Å². The highest BCUT2D eigenvalue weighted by molar-refractivity contribution is 7.08. The zero-order valence-electron chi connectivity index (χ0n) is 9.43. The summed E-state index contributed by atoms with van der Waals surface area (Å²) in [6, 6.07) is 2.09. The molecule has 0 saturated carbocycles. The average molecular weight is 237 g/mol. The standard InChI is InChI=1S/C11H15N3OS/c1-3-5-12-8(2)10-13-14-11(15-10)9-4-6-16-7-9/h4,6-8,12H,3,5H2,1-2H3. The van der Waals surface area contributed by atoms with Crippen LogP contribution in [0.3, 0.4) is 0 Å². The molecule has 0 aliphatic heterocycles. The highest BCUT2D eigenvalue weighted by Gasteiger charge is 2.14. The van der Waals surface area contributed by atoms with Crippen molar-refractivity contribution in [1.29, 1.82) is 0 Å². The predicted octanol–water partition coefficient (Wildman–Crippen LogP) is 2.86. The molecule has 0 spiro atoms. The van der Waals surface area contributed by atoms with Gasteiger partial charge in [0, 0.05) is 10.9 Å². The first kappa shape index (κ1) is 11.3. The molecule has 0 aromatic carbocycles. The van der Waals surface area contributed by atoms with E-state index in [0.717, 1.165) is 18.5 Å². The molecule has 0 fully saturated rings. The van der Waals surface area contributed by atoms with E-state index in [1.165, 1.54) is 0 Å². The summed E-state index contributed by atoms with van der Waals surface area (Å²) in [6.07, 6.45) is 1.09. The van der Waals surface area contributed by atoms with Crippen LogP contribution in [0.5, 0.6) is 0 Å². The van der Waals surface area contributed by atoms with Crippen LogP contribution in [0, 0.1) is 0 Å². The molecular formula is C11H15N3OS. The zero-order chi connectivity index (χ0) is 11.4. The third-order valence-electron chi connectivity index (χ3n) is 2.28. The fraction of sp³-hybridized carbons (Fsp3) is 0.455. The highest BCUT2D eigenvalue weighted by Crippen LogP contribution is 2.22. The lowest BCUT2D eigenvalue weighted by Crippen LogP contribution is -2.19. The van der Waals surface area contributed by atoms with Crippen LogP contribution in [-0.4, -0.2) is 16.7 Å². The van der Waals surface area contributed by atoms with E-state index >= 15 is 0 Å². The topological polar surface area (TPSA) is 51.0 Å². The Morgan fingerprint density at radius 1 is 1.50 bits per heavy atom. The number of hydrogen-bond acceptors (Lipinski definition) is 5. The van der Waals surface area contributed by atoms with Gasteiger partial charge < -0.3 is 9.73 Å². The lowest BCUT2D eigenvalue weighted by molar-refractivity contribution is 0.423. The van der Waals surface area contributed by atoms with Crippen molar-refractivity contribution in [3.05, 3.63) is 22.7 Å². The second kappa shape index (κ2) is 5.23. The first-order chi connectivity index (χ1) is 7.81. The number of thiophene rings is 1. The maximum Gasteiger partial charge on any atom is 0.248 e. The van der Waals surface area contributed by atoms with E-state index < -0.39 is 0 Å². The van der Waals surface area contributed by atoms with E-state index in [0.29, 0.717) is 11.8 Å². The summed E-state index contributed by atoms with van der Waals surface area (Å²) >= 11 is 1.62. The average Bonchev–Trinajstić information content (AvgIpc) is 2.94. The molecule has 4 nitrogen and oxygen atoms in total. The van der Waals surface area contributed by atoms with Crippen molar-refractivity contribution >= 4 is 11.3 Å². The van der Waals surface area contributed by atoms with Crippen molar-refractivity contribution in [1.82, 2.24) is 15.5 Å². The van der Waals surface area contributed by atoms with Gasteiger partial charge in [-0.2, -0.15) is 11.3 Å². The van der Waals surface area contributed by atoms with Crippen molar-refractivity contribution in [2.24, 2.45) is 0 Å². The number of rotatable bonds is 5. The molecule has 2 rings (SSSR count). The van der Waals surface area contributed by atoms with E-state index in [4.69, 9.17) is 4.42 Å². The molecule has 0 radical (unpaired) electrons. The van der Waals surface area contributed by atoms with E-state index in [1.807, 2.05) is 23.8 Å². The van der Waals surface area contributed by atoms with E-state index in [9.17, 15) is 0 Å². The molecular weight excluding hydrogens is 222 g/mol. The van der Waals surface area contributed by atoms with E-state index in [2.05, 4.69) is 22.4 Å². The van der Waals surface area contributed by atoms with Gasteiger partial charge >= 0.3 is 0 Å². The lowest BCUT2D eigenvalue weighted by Gasteiger charge is -2.07. The Morgan fingerprint density at radius 3 is 3.06 bits per heavy atom. The van der Waals surface area contributed by atoms with Crippen molar-refractivity contribution in [2.45, 2.75) is 26.3 Å². The fourth-order valence-corrected chi connectivity index (χ4v) is 1.99. The maximum absolute atomic E-state index is 5.61. The lowest BCUT2D eigenvalue weighted by atomic mass is 10.3. The molecule has 0 aliphatic rings. The largest absolute Gasteiger partial charge is 0.419 e. The van der Waals surface area contributed by atoms with Crippen molar-refractivity contribution < 1.29 is 4.42 Å². The molecule has 1 atom stereocenters. The molecule has 0 amide bonds. The summed E-state index contributed by atoms with van der Waals surface area (Å²) < 4.78 is 5.61. The van der Waals surface area contributed by atoms with Gasteiger partial charge in [0.05, 0.1) is 6.04 Å². The molecule has 2 aromatic rings. The van der Waals surface area contributed by atoms with Gasteiger partial charge in [-0.05, 0) is 31.3 Å². The Labute approximate surface area is 98.7 Å². The van der Waals surface area contributed by atoms with Gasteiger partial charge in [0.25, 0.3) is 0 Å². The van der Waals surface area contributed by atoms with Crippen molar-refractivity contribution in [2.75, 3.05) is 6.54 Å². The van der Waals surface area contributed by atoms with E-state index in [-0.39, 0.29) is 6.04 Å². The molecule has 2 aromatic heterocycles. The monoisotopic (exact) mass is 237 g/mol. The Kier molecular flexibility index (Phi) is 3.69. The quantitative estimate of drug-likeness (QED) is 0.868. The molecule has 16 heavy (non-hydrogen) atoms. The predicted molar refractivity (Wildman–Crippen MR) is 64.3 cm³/mol. The summed E-state index contributed by atoms with van der Waals surface area (Å²) in [6.45, 7) is 5.11. The van der Waals surface area contributed by atoms with Gasteiger partial charge in [-0.3, -0.25) is 0 Å². The summed E-state index contributed by atoms with van der Waals surface area (Å²) in [5, 5.41) is 15.4. The van der Waals surface area contributed by atoms with Crippen LogP contribution in [0.15, 0.2) is 21.2 Å². The van der Waals surface area contributed by atoms with Gasteiger partial charge in [-0.1, -0.05) is 6.92 Å². The number of nitrogens with zero attached hydrogens (tertiary/aromatic N) is 2. The molecule has 0 aliphatic carbocycles. The summed E-state index contributed by atoms with van der Waals surface area (Å²) in [4.78, 5) is 0. The minimum Gasteiger partial charge on any atom is -0.419 e. The Balaban J connectivity index is 2.07. The second-order valence-corrected chi connectivity index (χ2v) is 4.41. The molecule has 86 valence electrons. The molecule has 0 bridgehead atoms. The van der Waals surface area contributed by atoms with Crippen LogP contribution in [0.1, 0.15) is 32.2 Å². The van der Waals surface area contributed by atoms with Gasteiger partial charge in [-0.15, -0.1) is 10.2 Å². The molecule has 5 heteroatoms. The second-order valence-electron chi connectivity index (χ2n) is 3.63. The Morgan fingerprint density at radius 2 is 2.38 bits per heavy atom. The van der Waals surface area contributed by atoms with Crippen LogP contribution >= 0.6 is 11.3 Å². The molecule has 1 unspecified atom stereocenters. The van der Waals surface area contributed by atoms with Crippen LogP contribution in [0.25, 0.3) is 11.5 Å². The van der Waals surface area contributed by atoms with Gasteiger partial charge in [0.2, 0.25) is 11.8 Å². The summed E-state index contributed by atoms with van der Waals surface area (Å²) in [5.41, 5.74) is 0.992. The van der Waals surface area contributed by atoms with Gasteiger partial charge in [-0.25, -0.2) is 0 Å². The summed E-state index contributed by atoms with van der Waals surface area (Å²) in [5.74, 6) is 1.25. The fourth-order valence-electron chi connectivity index (χ4n) is 1.36. The van der Waals surface area contributed by atoms with E-state index in [1.54, 1.807) is 11.3 Å². The third-order valence-corrected chi connectivity index (χ3v) is 2.96. The van der Waals surface area contributed by atoms with Gasteiger partial charge in [0.1, 0.15) is 0 Å². The van der Waals surface area contributed by atoms with Crippen molar-refractivity contribution in [3.63, 3.8) is 0 Å². The normalized spacial score (nSPS) is 12.9. The zero-order valence-corrected chi connectivity index (χ0v) is 10.3. The number of hydrogen-bond donors (Lipinski definition) is 1. The first-order valence-electron chi connectivity index (χ1n) is 5.40. The van der Waals surface area contributed by atoms with Crippen LogP contribution < -0.4 is 5.32 Å². The number of aromatic nitrogens is 2. The number of nitrogens with one attached hydrogen (secondary N) is 1. The third kappa shape index (κ3) is 2.48. The minimum atomic E-state index is 0.111. The Bertz CT molecular complexity index is 424. The smallest absolute Gasteiger partial charge is 0.248 e. The Hall–Kier alpha value is -1.20. The first-order valence-corrected chi connectivity index (χ1v) is 6.35. The minimum absolute atomic E-state index is 0.111. The highest BCUT2D eigenvalue weighted by atomic mass is 32.1. The molecule has 1 N–H and O–H groups in total. The molecule has 0 saturated heterocycles. The van der Waals surface area contributed by atoms with Gasteiger partial charge in [0.15, 0.2) is 0 Å².